The first-order chi connectivity index (χ1) is 12.9. The third kappa shape index (κ3) is 2.68. The summed E-state index contributed by atoms with van der Waals surface area (Å²) >= 11 is 0. The monoisotopic (exact) mass is 404 g/mol. The number of anilines is 1. The standard InChI is InChI=1S/C21H28N2O2S2/c1-27(14-4-11-22(12-5-15-27)13-6-16-27)17-23-19-9-2-7-18-8-3-10-20(21(18)19)26(23,24)25/h2-3,7-10H,1,4-6,11-17H2. The summed E-state index contributed by atoms with van der Waals surface area (Å²) in [7, 11) is -5.55. The summed E-state index contributed by atoms with van der Waals surface area (Å²) in [5.41, 5.74) is 0.866. The molecule has 0 unspecified atom stereocenters. The quantitative estimate of drug-likeness (QED) is 0.719. The summed E-state index contributed by atoms with van der Waals surface area (Å²) < 4.78 is 28.7. The van der Waals surface area contributed by atoms with Crippen LogP contribution >= 0.6 is 8.75 Å². The number of hydrogen-bond donors (Lipinski definition) is 0. The second kappa shape index (κ2) is 5.82. The van der Waals surface area contributed by atoms with Gasteiger partial charge in [0.1, 0.15) is 0 Å². The minimum Gasteiger partial charge on any atom is -0.303 e. The molecule has 4 aliphatic rings. The van der Waals surface area contributed by atoms with Gasteiger partial charge >= 0.3 is 0 Å². The Morgan fingerprint density at radius 3 is 2.15 bits per heavy atom. The van der Waals surface area contributed by atoms with E-state index >= 15 is 0 Å². The predicted octanol–water partition coefficient (Wildman–Crippen LogP) is 3.58. The van der Waals surface area contributed by atoms with Gasteiger partial charge in [-0.2, -0.15) is 0 Å². The molecule has 4 heterocycles. The lowest BCUT2D eigenvalue weighted by Crippen LogP contribution is -2.43. The zero-order chi connectivity index (χ0) is 18.7. The van der Waals surface area contributed by atoms with Crippen molar-refractivity contribution < 1.29 is 8.42 Å². The lowest BCUT2D eigenvalue weighted by atomic mass is 10.1. The van der Waals surface area contributed by atoms with Crippen LogP contribution in [0.15, 0.2) is 41.3 Å². The Labute approximate surface area is 162 Å². The van der Waals surface area contributed by atoms with Gasteiger partial charge in [0.25, 0.3) is 10.0 Å². The van der Waals surface area contributed by atoms with Crippen LogP contribution in [0.2, 0.25) is 0 Å². The molecule has 0 radical (unpaired) electrons. The van der Waals surface area contributed by atoms with Gasteiger partial charge in [0, 0.05) is 5.39 Å². The maximum Gasteiger partial charge on any atom is 0.265 e. The van der Waals surface area contributed by atoms with Crippen LogP contribution in [0.5, 0.6) is 0 Å². The van der Waals surface area contributed by atoms with Gasteiger partial charge in [-0.3, -0.25) is 4.31 Å². The Morgan fingerprint density at radius 2 is 1.52 bits per heavy atom. The zero-order valence-corrected chi connectivity index (χ0v) is 17.4. The zero-order valence-electron chi connectivity index (χ0n) is 15.8. The highest BCUT2D eigenvalue weighted by atomic mass is 32.3. The maximum absolute atomic E-state index is 13.5. The van der Waals surface area contributed by atoms with Crippen molar-refractivity contribution >= 4 is 41.1 Å². The highest BCUT2D eigenvalue weighted by molar-refractivity contribution is 8.46. The molecule has 27 heavy (non-hydrogen) atoms. The molecule has 3 saturated heterocycles. The summed E-state index contributed by atoms with van der Waals surface area (Å²) in [4.78, 5) is 3.06. The van der Waals surface area contributed by atoms with Crippen molar-refractivity contribution in [1.29, 1.82) is 0 Å². The average molecular weight is 405 g/mol. The fourth-order valence-corrected chi connectivity index (χ4v) is 12.8. The van der Waals surface area contributed by atoms with Crippen molar-refractivity contribution in [1.82, 2.24) is 4.90 Å². The highest BCUT2D eigenvalue weighted by Gasteiger charge is 2.42. The molecule has 3 fully saturated rings. The maximum atomic E-state index is 13.5. The Hall–Kier alpha value is -1.37. The third-order valence-corrected chi connectivity index (χ3v) is 14.0. The van der Waals surface area contributed by atoms with Gasteiger partial charge in [0.2, 0.25) is 0 Å². The van der Waals surface area contributed by atoms with Crippen LogP contribution in [0.25, 0.3) is 10.8 Å². The van der Waals surface area contributed by atoms with Crippen molar-refractivity contribution in [3.63, 3.8) is 0 Å². The molecule has 2 aromatic carbocycles. The molecule has 0 spiro atoms. The number of hydrogen-bond acceptors (Lipinski definition) is 3. The van der Waals surface area contributed by atoms with E-state index in [1.165, 1.54) is 0 Å². The topological polar surface area (TPSA) is 40.6 Å². The van der Waals surface area contributed by atoms with Gasteiger partial charge in [-0.05, 0) is 73.7 Å². The fraction of sp³-hybridized carbons (Fsp3) is 0.476. The molecule has 6 heteroatoms. The van der Waals surface area contributed by atoms with E-state index in [0.29, 0.717) is 10.8 Å². The van der Waals surface area contributed by atoms with Crippen LogP contribution in [-0.4, -0.2) is 62.0 Å². The Kier molecular flexibility index (Phi) is 3.81. The fourth-order valence-electron chi connectivity index (χ4n) is 5.35. The first kappa shape index (κ1) is 17.7. The van der Waals surface area contributed by atoms with E-state index < -0.39 is 18.8 Å². The lowest BCUT2D eigenvalue weighted by molar-refractivity contribution is 0.270. The van der Waals surface area contributed by atoms with Crippen molar-refractivity contribution in [3.8, 4) is 0 Å². The van der Waals surface area contributed by atoms with E-state index in [-0.39, 0.29) is 0 Å². The van der Waals surface area contributed by atoms with Crippen LogP contribution in [0.1, 0.15) is 19.3 Å². The minimum absolute atomic E-state index is 0.474. The molecule has 2 aromatic rings. The van der Waals surface area contributed by atoms with Crippen LogP contribution in [0.4, 0.5) is 5.69 Å². The average Bonchev–Trinajstić information content (AvgIpc) is 2.81. The second-order valence-electron chi connectivity index (χ2n) is 8.67. The van der Waals surface area contributed by atoms with Gasteiger partial charge in [0.15, 0.2) is 0 Å². The molecule has 0 aromatic heterocycles. The largest absolute Gasteiger partial charge is 0.303 e. The summed E-state index contributed by atoms with van der Waals surface area (Å²) in [5, 5.41) is 1.90. The lowest BCUT2D eigenvalue weighted by Gasteiger charge is -2.54. The summed E-state index contributed by atoms with van der Waals surface area (Å²) in [6.45, 7) is 3.43. The Morgan fingerprint density at radius 1 is 0.926 bits per heavy atom. The molecule has 0 N–H and O–H groups in total. The number of sulfonamides is 1. The van der Waals surface area contributed by atoms with Crippen LogP contribution < -0.4 is 4.31 Å². The van der Waals surface area contributed by atoms with Gasteiger partial charge in [-0.1, -0.05) is 30.1 Å². The van der Waals surface area contributed by atoms with E-state index in [9.17, 15) is 8.42 Å². The molecule has 0 saturated carbocycles. The first-order valence-corrected chi connectivity index (χ1v) is 14.2. The molecule has 0 aliphatic carbocycles. The SMILES string of the molecule is C=S12(CN3c4cccc5cccc(c45)S3(=O)=O)CCCN(CCC1)CCC2. The smallest absolute Gasteiger partial charge is 0.265 e. The van der Waals surface area contributed by atoms with Gasteiger partial charge < -0.3 is 4.90 Å². The van der Waals surface area contributed by atoms with Crippen LogP contribution in [-0.2, 0) is 10.0 Å². The predicted molar refractivity (Wildman–Crippen MR) is 118 cm³/mol. The van der Waals surface area contributed by atoms with Crippen molar-refractivity contribution in [2.24, 2.45) is 0 Å². The third-order valence-electron chi connectivity index (χ3n) is 6.75. The van der Waals surface area contributed by atoms with Crippen LogP contribution in [0.3, 0.4) is 0 Å². The molecule has 2 bridgehead atoms. The molecule has 4 aliphatic heterocycles. The second-order valence-corrected chi connectivity index (χ2v) is 16.1. The molecular weight excluding hydrogens is 376 g/mol. The van der Waals surface area contributed by atoms with Crippen LogP contribution in [0, 0.1) is 0 Å². The van der Waals surface area contributed by atoms with Gasteiger partial charge in [0.05, 0.1) is 16.5 Å². The molecule has 0 amide bonds. The van der Waals surface area contributed by atoms with E-state index in [1.807, 2.05) is 30.3 Å². The summed E-state index contributed by atoms with van der Waals surface area (Å²) in [6.07, 6.45) is 3.45. The normalized spacial score (nSPS) is 29.4. The first-order valence-electron chi connectivity index (χ1n) is 9.89. The summed E-state index contributed by atoms with van der Waals surface area (Å²) in [6, 6.07) is 11.6. The molecule has 0 atom stereocenters. The minimum atomic E-state index is -3.49. The Bertz CT molecular complexity index is 1050. The Balaban J connectivity index is 1.63. The molecule has 4 nitrogen and oxygen atoms in total. The van der Waals surface area contributed by atoms with Gasteiger partial charge in [-0.15, -0.1) is 0 Å². The van der Waals surface area contributed by atoms with E-state index in [0.717, 1.165) is 72.6 Å². The molecule has 146 valence electrons. The number of benzene rings is 2. The highest BCUT2D eigenvalue weighted by Crippen LogP contribution is 2.61. The van der Waals surface area contributed by atoms with Gasteiger partial charge in [-0.25, -0.2) is 17.2 Å². The van der Waals surface area contributed by atoms with Crippen molar-refractivity contribution in [3.05, 3.63) is 36.4 Å². The van der Waals surface area contributed by atoms with Crippen molar-refractivity contribution in [2.45, 2.75) is 24.2 Å². The summed E-state index contributed by atoms with van der Waals surface area (Å²) in [5.74, 6) is 8.83. The number of rotatable bonds is 2. The van der Waals surface area contributed by atoms with E-state index in [2.05, 4.69) is 4.90 Å². The molecule has 6 rings (SSSR count). The number of fused-ring (bicyclic) bond motifs is 6. The molecular formula is C21H28N2O2S2. The number of nitrogens with zero attached hydrogens (tertiary/aromatic N) is 2. The van der Waals surface area contributed by atoms with Crippen molar-refractivity contribution in [2.75, 3.05) is 47.1 Å². The van der Waals surface area contributed by atoms with E-state index in [4.69, 9.17) is 5.87 Å². The van der Waals surface area contributed by atoms with E-state index in [1.54, 1.807) is 10.4 Å².